The predicted molar refractivity (Wildman–Crippen MR) is 72.9 cm³/mol. The number of aromatic nitrogens is 2. The van der Waals surface area contributed by atoms with Crippen molar-refractivity contribution in [2.24, 2.45) is 5.92 Å². The smallest absolute Gasteiger partial charge is 0.224 e. The number of halogens is 1. The molecule has 2 heterocycles. The van der Waals surface area contributed by atoms with Gasteiger partial charge < -0.3 is 10.6 Å². The summed E-state index contributed by atoms with van der Waals surface area (Å²) >= 11 is 0. The van der Waals surface area contributed by atoms with Crippen LogP contribution in [0.1, 0.15) is 25.1 Å². The van der Waals surface area contributed by atoms with Crippen LogP contribution in [0.2, 0.25) is 0 Å². The van der Waals surface area contributed by atoms with Gasteiger partial charge in [0.15, 0.2) is 0 Å². The number of carbonyl (C=O) groups excluding carboxylic acids is 1. The Balaban J connectivity index is 0.00000162. The maximum Gasteiger partial charge on any atom is 0.224 e. The monoisotopic (exact) mass is 270 g/mol. The van der Waals surface area contributed by atoms with Gasteiger partial charge in [0.2, 0.25) is 5.91 Å². The standard InChI is InChI=1S/C12H18N4O.ClH/c1-9-14-7-11(8-15-9)16-12(17)3-2-10-4-5-13-6-10;/h7-8,10,13H,2-6H2,1H3,(H,16,17);1H. The van der Waals surface area contributed by atoms with Crippen LogP contribution in [0.4, 0.5) is 5.69 Å². The summed E-state index contributed by atoms with van der Waals surface area (Å²) in [4.78, 5) is 19.7. The van der Waals surface area contributed by atoms with E-state index in [0.29, 0.717) is 23.9 Å². The Morgan fingerprint density at radius 2 is 2.22 bits per heavy atom. The van der Waals surface area contributed by atoms with E-state index in [9.17, 15) is 4.79 Å². The lowest BCUT2D eigenvalue weighted by molar-refractivity contribution is -0.116. The van der Waals surface area contributed by atoms with E-state index in [0.717, 1.165) is 19.5 Å². The van der Waals surface area contributed by atoms with Gasteiger partial charge in [-0.1, -0.05) is 0 Å². The summed E-state index contributed by atoms with van der Waals surface area (Å²) in [6.45, 7) is 3.94. The summed E-state index contributed by atoms with van der Waals surface area (Å²) in [6.07, 6.45) is 5.97. The molecule has 18 heavy (non-hydrogen) atoms. The van der Waals surface area contributed by atoms with Crippen LogP contribution in [0.3, 0.4) is 0 Å². The van der Waals surface area contributed by atoms with Gasteiger partial charge in [0.1, 0.15) is 5.82 Å². The van der Waals surface area contributed by atoms with Crippen molar-refractivity contribution < 1.29 is 4.79 Å². The van der Waals surface area contributed by atoms with Gasteiger partial charge in [0.25, 0.3) is 0 Å². The SMILES string of the molecule is Cc1ncc(NC(=O)CCC2CCNC2)cn1.Cl. The molecule has 6 heteroatoms. The van der Waals surface area contributed by atoms with Gasteiger partial charge in [-0.15, -0.1) is 12.4 Å². The molecule has 1 aliphatic rings. The fourth-order valence-electron chi connectivity index (χ4n) is 1.98. The molecule has 0 saturated carbocycles. The van der Waals surface area contributed by atoms with Gasteiger partial charge in [-0.05, 0) is 38.8 Å². The third-order valence-electron chi connectivity index (χ3n) is 3.01. The first kappa shape index (κ1) is 14.9. The van der Waals surface area contributed by atoms with Crippen molar-refractivity contribution in [1.82, 2.24) is 15.3 Å². The lowest BCUT2D eigenvalue weighted by Crippen LogP contribution is -2.15. The second-order valence-corrected chi connectivity index (χ2v) is 4.46. The molecule has 100 valence electrons. The highest BCUT2D eigenvalue weighted by Gasteiger charge is 2.15. The van der Waals surface area contributed by atoms with Gasteiger partial charge in [0.05, 0.1) is 18.1 Å². The Labute approximate surface area is 113 Å². The molecule has 0 radical (unpaired) electrons. The zero-order valence-corrected chi connectivity index (χ0v) is 11.3. The van der Waals surface area contributed by atoms with Crippen molar-refractivity contribution >= 4 is 24.0 Å². The molecule has 1 aromatic rings. The lowest BCUT2D eigenvalue weighted by atomic mass is 10.0. The maximum absolute atomic E-state index is 11.7. The topological polar surface area (TPSA) is 66.9 Å². The fourth-order valence-corrected chi connectivity index (χ4v) is 1.98. The highest BCUT2D eigenvalue weighted by atomic mass is 35.5. The second-order valence-electron chi connectivity index (χ2n) is 4.46. The van der Waals surface area contributed by atoms with Crippen LogP contribution in [-0.4, -0.2) is 29.0 Å². The van der Waals surface area contributed by atoms with E-state index in [2.05, 4.69) is 20.6 Å². The summed E-state index contributed by atoms with van der Waals surface area (Å²) < 4.78 is 0. The number of carbonyl (C=O) groups is 1. The molecule has 1 fully saturated rings. The fraction of sp³-hybridized carbons (Fsp3) is 0.583. The largest absolute Gasteiger partial charge is 0.323 e. The van der Waals surface area contributed by atoms with Crippen molar-refractivity contribution in [3.63, 3.8) is 0 Å². The van der Waals surface area contributed by atoms with Crippen molar-refractivity contribution in [1.29, 1.82) is 0 Å². The van der Waals surface area contributed by atoms with E-state index in [1.807, 2.05) is 6.92 Å². The molecule has 1 atom stereocenters. The van der Waals surface area contributed by atoms with Crippen LogP contribution in [0.15, 0.2) is 12.4 Å². The Bertz CT molecular complexity index is 376. The normalized spacial score (nSPS) is 18.2. The zero-order valence-electron chi connectivity index (χ0n) is 10.5. The van der Waals surface area contributed by atoms with Gasteiger partial charge in [-0.2, -0.15) is 0 Å². The number of hydrogen-bond donors (Lipinski definition) is 2. The predicted octanol–water partition coefficient (Wildman–Crippen LogP) is 1.54. The molecule has 1 saturated heterocycles. The van der Waals surface area contributed by atoms with Crippen molar-refractivity contribution in [3.05, 3.63) is 18.2 Å². The minimum Gasteiger partial charge on any atom is -0.323 e. The van der Waals surface area contributed by atoms with Gasteiger partial charge in [-0.25, -0.2) is 9.97 Å². The number of hydrogen-bond acceptors (Lipinski definition) is 4. The molecule has 0 aliphatic carbocycles. The molecule has 1 aromatic heterocycles. The number of anilines is 1. The van der Waals surface area contributed by atoms with Crippen LogP contribution in [0, 0.1) is 12.8 Å². The zero-order chi connectivity index (χ0) is 12.1. The van der Waals surface area contributed by atoms with Crippen LogP contribution in [-0.2, 0) is 4.79 Å². The first-order valence-electron chi connectivity index (χ1n) is 6.03. The summed E-state index contributed by atoms with van der Waals surface area (Å²) in [7, 11) is 0. The highest BCUT2D eigenvalue weighted by molar-refractivity contribution is 5.90. The Morgan fingerprint density at radius 3 is 2.83 bits per heavy atom. The maximum atomic E-state index is 11.7. The second kappa shape index (κ2) is 7.28. The van der Waals surface area contributed by atoms with Gasteiger partial charge >= 0.3 is 0 Å². The molecular formula is C12H19ClN4O. The third-order valence-corrected chi connectivity index (χ3v) is 3.01. The molecule has 2 N–H and O–H groups in total. The Morgan fingerprint density at radius 1 is 1.50 bits per heavy atom. The van der Waals surface area contributed by atoms with E-state index < -0.39 is 0 Å². The quantitative estimate of drug-likeness (QED) is 0.871. The number of nitrogens with zero attached hydrogens (tertiary/aromatic N) is 2. The number of nitrogens with one attached hydrogen (secondary N) is 2. The van der Waals surface area contributed by atoms with E-state index in [-0.39, 0.29) is 18.3 Å². The highest BCUT2D eigenvalue weighted by Crippen LogP contribution is 2.14. The van der Waals surface area contributed by atoms with E-state index >= 15 is 0 Å². The summed E-state index contributed by atoms with van der Waals surface area (Å²) in [5.74, 6) is 1.40. The minimum absolute atomic E-state index is 0. The van der Waals surface area contributed by atoms with E-state index in [1.54, 1.807) is 12.4 Å². The Hall–Kier alpha value is -1.20. The Kier molecular flexibility index (Phi) is 6.01. The molecular weight excluding hydrogens is 252 g/mol. The van der Waals surface area contributed by atoms with Gasteiger partial charge in [-0.3, -0.25) is 4.79 Å². The first-order chi connectivity index (χ1) is 8.24. The molecule has 0 aromatic carbocycles. The molecule has 1 amide bonds. The molecule has 5 nitrogen and oxygen atoms in total. The van der Waals surface area contributed by atoms with Crippen molar-refractivity contribution in [2.75, 3.05) is 18.4 Å². The third kappa shape index (κ3) is 4.58. The van der Waals surface area contributed by atoms with Gasteiger partial charge in [0, 0.05) is 6.42 Å². The average Bonchev–Trinajstić information content (AvgIpc) is 2.83. The number of rotatable bonds is 4. The summed E-state index contributed by atoms with van der Waals surface area (Å²) in [5, 5.41) is 6.11. The number of aryl methyl sites for hydroxylation is 1. The van der Waals surface area contributed by atoms with Crippen LogP contribution in [0.5, 0.6) is 0 Å². The molecule has 0 spiro atoms. The average molecular weight is 271 g/mol. The van der Waals surface area contributed by atoms with Crippen molar-refractivity contribution in [3.8, 4) is 0 Å². The minimum atomic E-state index is 0. The van der Waals surface area contributed by atoms with Crippen molar-refractivity contribution in [2.45, 2.75) is 26.2 Å². The van der Waals surface area contributed by atoms with Crippen LogP contribution >= 0.6 is 12.4 Å². The van der Waals surface area contributed by atoms with E-state index in [1.165, 1.54) is 6.42 Å². The van der Waals surface area contributed by atoms with Crippen LogP contribution < -0.4 is 10.6 Å². The molecule has 2 rings (SSSR count). The molecule has 1 unspecified atom stereocenters. The lowest BCUT2D eigenvalue weighted by Gasteiger charge is -2.08. The van der Waals surface area contributed by atoms with E-state index in [4.69, 9.17) is 0 Å². The first-order valence-corrected chi connectivity index (χ1v) is 6.03. The van der Waals surface area contributed by atoms with Crippen LogP contribution in [0.25, 0.3) is 0 Å². The summed E-state index contributed by atoms with van der Waals surface area (Å²) in [6, 6.07) is 0. The number of amides is 1. The molecule has 1 aliphatic heterocycles. The summed E-state index contributed by atoms with van der Waals surface area (Å²) in [5.41, 5.74) is 0.671. The molecule has 0 bridgehead atoms.